The number of thiocarbonyl (C=S) groups is 1. The summed E-state index contributed by atoms with van der Waals surface area (Å²) in [6.45, 7) is 0. The second-order valence-corrected chi connectivity index (χ2v) is 7.45. The van der Waals surface area contributed by atoms with E-state index in [-0.39, 0.29) is 32.9 Å². The van der Waals surface area contributed by atoms with Crippen molar-refractivity contribution in [1.82, 2.24) is 5.32 Å². The van der Waals surface area contributed by atoms with E-state index in [9.17, 15) is 22.8 Å². The Morgan fingerprint density at radius 3 is 2.36 bits per heavy atom. The van der Waals surface area contributed by atoms with Crippen LogP contribution in [0.4, 0.5) is 18.9 Å². The Kier molecular flexibility index (Phi) is 5.78. The molecule has 0 spiro atoms. The van der Waals surface area contributed by atoms with Gasteiger partial charge in [0.2, 0.25) is 0 Å². The molecule has 0 bridgehead atoms. The van der Waals surface area contributed by atoms with Crippen LogP contribution in [0, 0.1) is 0 Å². The van der Waals surface area contributed by atoms with Crippen molar-refractivity contribution in [1.29, 1.82) is 0 Å². The summed E-state index contributed by atoms with van der Waals surface area (Å²) >= 11 is 10.6. The molecule has 0 aliphatic carbocycles. The number of nitrogens with zero attached hydrogens (tertiary/aromatic N) is 1. The molecule has 2 aromatic rings. The lowest BCUT2D eigenvalue weighted by molar-refractivity contribution is -0.122. The van der Waals surface area contributed by atoms with E-state index in [1.807, 2.05) is 0 Å². The number of hydrogen-bond acceptors (Lipinski definition) is 4. The highest BCUT2D eigenvalue weighted by molar-refractivity contribution is 8.00. The molecule has 28 heavy (non-hydrogen) atoms. The quantitative estimate of drug-likeness (QED) is 0.321. The minimum absolute atomic E-state index is 0.0900. The zero-order valence-electron chi connectivity index (χ0n) is 13.8. The maximum Gasteiger partial charge on any atom is 0.446 e. The Balaban J connectivity index is 2.02. The monoisotopic (exact) mass is 442 g/mol. The van der Waals surface area contributed by atoms with Gasteiger partial charge in [-0.15, -0.1) is 0 Å². The molecule has 0 radical (unpaired) electrons. The van der Waals surface area contributed by atoms with Gasteiger partial charge in [-0.05, 0) is 66.0 Å². The summed E-state index contributed by atoms with van der Waals surface area (Å²) in [6, 6.07) is 11.8. The molecule has 1 aliphatic rings. The number of halogens is 4. The number of anilines is 1. The molecule has 1 saturated heterocycles. The summed E-state index contributed by atoms with van der Waals surface area (Å²) in [7, 11) is 0. The minimum Gasteiger partial charge on any atom is -0.298 e. The molecule has 144 valence electrons. The van der Waals surface area contributed by atoms with Crippen LogP contribution in [0.5, 0.6) is 0 Å². The van der Waals surface area contributed by atoms with Crippen LogP contribution in [0.15, 0.2) is 59.0 Å². The van der Waals surface area contributed by atoms with Crippen molar-refractivity contribution in [3.05, 3.63) is 64.7 Å². The first-order chi connectivity index (χ1) is 13.2. The molecule has 0 atom stereocenters. The van der Waals surface area contributed by atoms with Crippen LogP contribution >= 0.6 is 35.6 Å². The molecule has 0 unspecified atom stereocenters. The van der Waals surface area contributed by atoms with Crippen molar-refractivity contribution in [2.75, 3.05) is 4.90 Å². The number of thioether (sulfide) groups is 1. The highest BCUT2D eigenvalue weighted by Crippen LogP contribution is 2.39. The topological polar surface area (TPSA) is 49.4 Å². The maximum atomic E-state index is 12.9. The van der Waals surface area contributed by atoms with Crippen LogP contribution < -0.4 is 10.2 Å². The average Bonchev–Trinajstić information content (AvgIpc) is 2.60. The number of alkyl halides is 3. The van der Waals surface area contributed by atoms with Crippen LogP contribution in [0.2, 0.25) is 5.02 Å². The Morgan fingerprint density at radius 2 is 1.71 bits per heavy atom. The normalized spacial score (nSPS) is 16.5. The second kappa shape index (κ2) is 7.94. The van der Waals surface area contributed by atoms with Crippen molar-refractivity contribution in [3.63, 3.8) is 0 Å². The highest BCUT2D eigenvalue weighted by Gasteiger charge is 2.35. The van der Waals surface area contributed by atoms with Gasteiger partial charge in [-0.1, -0.05) is 29.8 Å². The molecular formula is C18H10ClF3N2O2S2. The van der Waals surface area contributed by atoms with Crippen molar-refractivity contribution in [2.24, 2.45) is 0 Å². The number of carbonyl (C=O) groups is 2. The van der Waals surface area contributed by atoms with Gasteiger partial charge in [-0.25, -0.2) is 0 Å². The Morgan fingerprint density at radius 1 is 1.07 bits per heavy atom. The van der Waals surface area contributed by atoms with E-state index < -0.39 is 17.3 Å². The molecule has 2 amide bonds. The molecule has 1 fully saturated rings. The fourth-order valence-electron chi connectivity index (χ4n) is 2.46. The molecule has 0 aromatic heterocycles. The molecule has 3 rings (SSSR count). The van der Waals surface area contributed by atoms with Crippen molar-refractivity contribution >= 4 is 64.3 Å². The van der Waals surface area contributed by atoms with Crippen molar-refractivity contribution in [3.8, 4) is 0 Å². The first-order valence-corrected chi connectivity index (χ1v) is 9.28. The average molecular weight is 443 g/mol. The number of hydrogen-bond donors (Lipinski definition) is 1. The maximum absolute atomic E-state index is 12.9. The third-order valence-electron chi connectivity index (χ3n) is 3.63. The number of nitrogens with one attached hydrogen (secondary N) is 1. The summed E-state index contributed by atoms with van der Waals surface area (Å²) in [5.74, 6) is -1.53. The van der Waals surface area contributed by atoms with E-state index >= 15 is 0 Å². The third kappa shape index (κ3) is 4.54. The van der Waals surface area contributed by atoms with Crippen molar-refractivity contribution < 1.29 is 22.8 Å². The summed E-state index contributed by atoms with van der Waals surface area (Å²) in [6.07, 6.45) is 1.12. The van der Waals surface area contributed by atoms with E-state index in [1.165, 1.54) is 36.4 Å². The molecular weight excluding hydrogens is 433 g/mol. The summed E-state index contributed by atoms with van der Waals surface area (Å²) in [4.78, 5) is 26.1. The van der Waals surface area contributed by atoms with Gasteiger partial charge in [0, 0.05) is 9.92 Å². The van der Waals surface area contributed by atoms with Gasteiger partial charge < -0.3 is 0 Å². The summed E-state index contributed by atoms with van der Waals surface area (Å²) in [5.41, 5.74) is -4.39. The number of carbonyl (C=O) groups excluding carboxylic acids is 2. The van der Waals surface area contributed by atoms with Gasteiger partial charge in [0.05, 0.1) is 5.69 Å². The molecule has 1 heterocycles. The van der Waals surface area contributed by atoms with Crippen LogP contribution in [0.25, 0.3) is 6.08 Å². The van der Waals surface area contributed by atoms with Crippen molar-refractivity contribution in [2.45, 2.75) is 10.4 Å². The molecule has 10 heteroatoms. The largest absolute Gasteiger partial charge is 0.446 e. The number of benzene rings is 2. The molecule has 4 nitrogen and oxygen atoms in total. The highest BCUT2D eigenvalue weighted by atomic mass is 35.5. The minimum atomic E-state index is -4.51. The van der Waals surface area contributed by atoms with Gasteiger partial charge in [0.1, 0.15) is 5.57 Å². The molecule has 2 aromatic carbocycles. The smallest absolute Gasteiger partial charge is 0.298 e. The lowest BCUT2D eigenvalue weighted by atomic mass is 10.1. The Bertz CT molecular complexity index is 991. The molecule has 1 aliphatic heterocycles. The van der Waals surface area contributed by atoms with Crippen LogP contribution in [-0.4, -0.2) is 22.4 Å². The number of amides is 2. The summed E-state index contributed by atoms with van der Waals surface area (Å²) < 4.78 is 38.3. The van der Waals surface area contributed by atoms with Gasteiger partial charge in [-0.3, -0.25) is 19.8 Å². The summed E-state index contributed by atoms with van der Waals surface area (Å²) in [5, 5.41) is 2.69. The van der Waals surface area contributed by atoms with E-state index in [0.717, 1.165) is 11.0 Å². The van der Waals surface area contributed by atoms with E-state index in [2.05, 4.69) is 5.32 Å². The lowest BCUT2D eigenvalue weighted by Gasteiger charge is -2.29. The van der Waals surface area contributed by atoms with Crippen LogP contribution in [0.3, 0.4) is 0 Å². The fourth-order valence-corrected chi connectivity index (χ4v) is 3.50. The first kappa shape index (κ1) is 20.4. The van der Waals surface area contributed by atoms with Gasteiger partial charge in [0.25, 0.3) is 11.8 Å². The predicted molar refractivity (Wildman–Crippen MR) is 106 cm³/mol. The Hall–Kier alpha value is -2.36. The van der Waals surface area contributed by atoms with E-state index in [0.29, 0.717) is 10.7 Å². The van der Waals surface area contributed by atoms with Crippen LogP contribution in [0.1, 0.15) is 5.56 Å². The predicted octanol–water partition coefficient (Wildman–Crippen LogP) is 4.78. The van der Waals surface area contributed by atoms with Gasteiger partial charge in [0.15, 0.2) is 5.11 Å². The van der Waals surface area contributed by atoms with Gasteiger partial charge in [-0.2, -0.15) is 13.2 Å². The standard InChI is InChI=1S/C18H10ClF3N2O2S2/c19-11-5-7-12(8-6-11)24-16(26)13(15(25)23-17(24)27)9-10-3-1-2-4-14(10)28-18(20,21)22/h1-9H,(H,23,25,27). The zero-order valence-corrected chi connectivity index (χ0v) is 16.2. The first-order valence-electron chi connectivity index (χ1n) is 7.67. The van der Waals surface area contributed by atoms with E-state index in [4.69, 9.17) is 23.8 Å². The van der Waals surface area contributed by atoms with E-state index in [1.54, 1.807) is 12.1 Å². The Labute approximate surface area is 172 Å². The fraction of sp³-hybridized carbons (Fsp3) is 0.0556. The zero-order chi connectivity index (χ0) is 20.5. The van der Waals surface area contributed by atoms with Crippen LogP contribution in [-0.2, 0) is 9.59 Å². The van der Waals surface area contributed by atoms with Gasteiger partial charge >= 0.3 is 5.51 Å². The molecule has 0 saturated carbocycles. The SMILES string of the molecule is O=C1NC(=S)N(c2ccc(Cl)cc2)C(=O)C1=Cc1ccccc1SC(F)(F)F. The lowest BCUT2D eigenvalue weighted by Crippen LogP contribution is -2.54. The number of rotatable bonds is 3. The molecule has 1 N–H and O–H groups in total. The third-order valence-corrected chi connectivity index (χ3v) is 4.99. The second-order valence-electron chi connectivity index (χ2n) is 5.52.